The van der Waals surface area contributed by atoms with E-state index in [1.807, 2.05) is 6.92 Å². The summed E-state index contributed by atoms with van der Waals surface area (Å²) in [5.41, 5.74) is 0.405. The highest BCUT2D eigenvalue weighted by atomic mass is 16.5. The molecule has 0 aromatic carbocycles. The van der Waals surface area contributed by atoms with Crippen LogP contribution in [0.15, 0.2) is 12.7 Å². The van der Waals surface area contributed by atoms with Gasteiger partial charge in [-0.1, -0.05) is 31.8 Å². The van der Waals surface area contributed by atoms with Crippen molar-refractivity contribution in [2.24, 2.45) is 5.41 Å². The van der Waals surface area contributed by atoms with Gasteiger partial charge >= 0.3 is 0 Å². The quantitative estimate of drug-likeness (QED) is 0.737. The smallest absolute Gasteiger partial charge is 0.251 e. The lowest BCUT2D eigenvalue weighted by atomic mass is 9.74. The van der Waals surface area contributed by atoms with Crippen molar-refractivity contribution < 1.29 is 9.53 Å². The minimum Gasteiger partial charge on any atom is -0.365 e. The molecule has 1 atom stereocenters. The normalized spacial score (nSPS) is 24.1. The van der Waals surface area contributed by atoms with E-state index < -0.39 is 0 Å². The molecule has 114 valence electrons. The van der Waals surface area contributed by atoms with E-state index in [0.717, 1.165) is 19.5 Å². The highest BCUT2D eigenvalue weighted by Gasteiger charge is 2.38. The molecule has 1 amide bonds. The number of nitrogens with zero attached hydrogens (tertiary/aromatic N) is 1. The van der Waals surface area contributed by atoms with Crippen LogP contribution in [0, 0.1) is 5.41 Å². The third kappa shape index (κ3) is 3.85. The maximum absolute atomic E-state index is 12.5. The van der Waals surface area contributed by atoms with Crippen molar-refractivity contribution in [3.63, 3.8) is 0 Å². The summed E-state index contributed by atoms with van der Waals surface area (Å²) in [6, 6.07) is 0. The van der Waals surface area contributed by atoms with Gasteiger partial charge in [-0.2, -0.15) is 0 Å². The van der Waals surface area contributed by atoms with Crippen LogP contribution in [0.4, 0.5) is 0 Å². The summed E-state index contributed by atoms with van der Waals surface area (Å²) >= 11 is 0. The van der Waals surface area contributed by atoms with Crippen molar-refractivity contribution in [3.8, 4) is 0 Å². The largest absolute Gasteiger partial charge is 0.365 e. The molecule has 0 aromatic rings. The topological polar surface area (TPSA) is 29.5 Å². The van der Waals surface area contributed by atoms with Gasteiger partial charge in [0.2, 0.25) is 0 Å². The first-order chi connectivity index (χ1) is 9.67. The van der Waals surface area contributed by atoms with Crippen LogP contribution >= 0.6 is 0 Å². The van der Waals surface area contributed by atoms with E-state index in [9.17, 15) is 4.79 Å². The molecule has 1 saturated carbocycles. The van der Waals surface area contributed by atoms with E-state index in [4.69, 9.17) is 4.74 Å². The third-order valence-corrected chi connectivity index (χ3v) is 4.95. The Morgan fingerprint density at radius 3 is 2.55 bits per heavy atom. The minimum atomic E-state index is -0.339. The predicted molar refractivity (Wildman–Crippen MR) is 81.6 cm³/mol. The van der Waals surface area contributed by atoms with Gasteiger partial charge in [0.1, 0.15) is 6.10 Å². The predicted octanol–water partition coefficient (Wildman–Crippen LogP) is 3.54. The lowest BCUT2D eigenvalue weighted by molar-refractivity contribution is -0.145. The Kier molecular flexibility index (Phi) is 5.64. The number of hydrogen-bond donors (Lipinski definition) is 0. The Labute approximate surface area is 123 Å². The number of amides is 1. The molecule has 1 spiro atoms. The van der Waals surface area contributed by atoms with Gasteiger partial charge in [-0.3, -0.25) is 4.79 Å². The molecule has 3 heteroatoms. The van der Waals surface area contributed by atoms with E-state index in [-0.39, 0.29) is 12.0 Å². The molecule has 0 bridgehead atoms. The van der Waals surface area contributed by atoms with Crippen molar-refractivity contribution >= 4 is 5.91 Å². The molecule has 1 saturated heterocycles. The van der Waals surface area contributed by atoms with Crippen molar-refractivity contribution in [2.75, 3.05) is 19.7 Å². The average Bonchev–Trinajstić information content (AvgIpc) is 2.69. The van der Waals surface area contributed by atoms with Crippen LogP contribution in [0.3, 0.4) is 0 Å². The van der Waals surface area contributed by atoms with Crippen LogP contribution in [0.25, 0.3) is 0 Å². The zero-order chi connectivity index (χ0) is 14.4. The third-order valence-electron chi connectivity index (χ3n) is 4.95. The fourth-order valence-corrected chi connectivity index (χ4v) is 3.82. The Hall–Kier alpha value is -0.830. The lowest BCUT2D eigenvalue weighted by Crippen LogP contribution is -2.49. The molecule has 1 aliphatic carbocycles. The monoisotopic (exact) mass is 279 g/mol. The second kappa shape index (κ2) is 7.26. The average molecular weight is 279 g/mol. The second-order valence-electron chi connectivity index (χ2n) is 6.54. The molecule has 0 radical (unpaired) electrons. The minimum absolute atomic E-state index is 0.162. The summed E-state index contributed by atoms with van der Waals surface area (Å²) < 4.78 is 5.50. The molecule has 0 aromatic heterocycles. The van der Waals surface area contributed by atoms with Crippen molar-refractivity contribution in [3.05, 3.63) is 12.7 Å². The van der Waals surface area contributed by atoms with Crippen LogP contribution in [-0.4, -0.2) is 36.6 Å². The van der Waals surface area contributed by atoms with Crippen LogP contribution in [0.1, 0.15) is 58.3 Å². The number of likely N-dealkylation sites (tertiary alicyclic amines) is 1. The molecule has 3 nitrogen and oxygen atoms in total. The number of carbonyl (C=O) groups excluding carboxylic acids is 1. The van der Waals surface area contributed by atoms with Gasteiger partial charge in [0.25, 0.3) is 5.91 Å². The standard InChI is InChI=1S/C17H29NO2/c1-3-13-20-15(2)16(19)18-12-8-11-17(14-18)9-6-4-5-7-10-17/h3,15H,1,4-14H2,2H3/t15-/m0/s1. The highest BCUT2D eigenvalue weighted by molar-refractivity contribution is 5.80. The summed E-state index contributed by atoms with van der Waals surface area (Å²) in [7, 11) is 0. The maximum Gasteiger partial charge on any atom is 0.251 e. The van der Waals surface area contributed by atoms with Crippen LogP contribution < -0.4 is 0 Å². The van der Waals surface area contributed by atoms with Gasteiger partial charge in [0, 0.05) is 13.1 Å². The second-order valence-corrected chi connectivity index (χ2v) is 6.54. The Bertz CT molecular complexity index is 332. The van der Waals surface area contributed by atoms with Gasteiger partial charge in [-0.25, -0.2) is 0 Å². The van der Waals surface area contributed by atoms with Gasteiger partial charge in [0.15, 0.2) is 0 Å². The first-order valence-corrected chi connectivity index (χ1v) is 8.18. The molecule has 2 aliphatic rings. The van der Waals surface area contributed by atoms with Crippen LogP contribution in [-0.2, 0) is 9.53 Å². The van der Waals surface area contributed by atoms with Gasteiger partial charge in [-0.15, -0.1) is 6.58 Å². The zero-order valence-corrected chi connectivity index (χ0v) is 12.9. The highest BCUT2D eigenvalue weighted by Crippen LogP contribution is 2.42. The SMILES string of the molecule is C=CCO[C@@H](C)C(=O)N1CCCC2(CCCCCC2)C1. The first-order valence-electron chi connectivity index (χ1n) is 8.18. The number of piperidine rings is 1. The number of carbonyl (C=O) groups is 1. The van der Waals surface area contributed by atoms with Gasteiger partial charge in [0.05, 0.1) is 6.61 Å². The summed E-state index contributed by atoms with van der Waals surface area (Å²) in [5.74, 6) is 0.162. The van der Waals surface area contributed by atoms with Crippen LogP contribution in [0.2, 0.25) is 0 Å². The number of hydrogen-bond acceptors (Lipinski definition) is 2. The van der Waals surface area contributed by atoms with E-state index in [1.165, 1.54) is 44.9 Å². The number of rotatable bonds is 4. The van der Waals surface area contributed by atoms with Crippen molar-refractivity contribution in [1.29, 1.82) is 0 Å². The molecule has 1 aliphatic heterocycles. The summed E-state index contributed by atoms with van der Waals surface area (Å²) in [6.07, 6.45) is 11.8. The maximum atomic E-state index is 12.5. The van der Waals surface area contributed by atoms with E-state index in [1.54, 1.807) is 6.08 Å². The lowest BCUT2D eigenvalue weighted by Gasteiger charge is -2.43. The van der Waals surface area contributed by atoms with Gasteiger partial charge < -0.3 is 9.64 Å². The van der Waals surface area contributed by atoms with Gasteiger partial charge in [-0.05, 0) is 38.0 Å². The molecule has 20 heavy (non-hydrogen) atoms. The molecule has 2 rings (SSSR count). The van der Waals surface area contributed by atoms with E-state index in [2.05, 4.69) is 11.5 Å². The van der Waals surface area contributed by atoms with Crippen LogP contribution in [0.5, 0.6) is 0 Å². The molecular formula is C17H29NO2. The summed E-state index contributed by atoms with van der Waals surface area (Å²) in [5, 5.41) is 0. The Morgan fingerprint density at radius 1 is 1.25 bits per heavy atom. The molecular weight excluding hydrogens is 250 g/mol. The fourth-order valence-electron chi connectivity index (χ4n) is 3.82. The molecule has 0 N–H and O–H groups in total. The molecule has 1 heterocycles. The molecule has 0 unspecified atom stereocenters. The fraction of sp³-hybridized carbons (Fsp3) is 0.824. The molecule has 2 fully saturated rings. The Morgan fingerprint density at radius 2 is 1.90 bits per heavy atom. The van der Waals surface area contributed by atoms with E-state index in [0.29, 0.717) is 12.0 Å². The summed E-state index contributed by atoms with van der Waals surface area (Å²) in [6.45, 7) is 7.80. The summed E-state index contributed by atoms with van der Waals surface area (Å²) in [4.78, 5) is 14.5. The zero-order valence-electron chi connectivity index (χ0n) is 12.9. The number of ether oxygens (including phenoxy) is 1. The Balaban J connectivity index is 1.95. The van der Waals surface area contributed by atoms with E-state index >= 15 is 0 Å². The van der Waals surface area contributed by atoms with Crippen molar-refractivity contribution in [2.45, 2.75) is 64.4 Å². The van der Waals surface area contributed by atoms with Crippen molar-refractivity contribution in [1.82, 2.24) is 4.90 Å². The first kappa shape index (κ1) is 15.6.